The van der Waals surface area contributed by atoms with Gasteiger partial charge in [0.2, 0.25) is 0 Å². The van der Waals surface area contributed by atoms with Crippen LogP contribution in [0.4, 0.5) is 11.4 Å². The second kappa shape index (κ2) is 9.13. The second-order valence-corrected chi connectivity index (χ2v) is 6.86. The third-order valence-corrected chi connectivity index (χ3v) is 4.62. The first kappa shape index (κ1) is 20.9. The van der Waals surface area contributed by atoms with Crippen molar-refractivity contribution in [2.75, 3.05) is 24.9 Å². The Bertz CT molecular complexity index is 1010. The third-order valence-electron chi connectivity index (χ3n) is 4.62. The van der Waals surface area contributed by atoms with Crippen LogP contribution in [0.15, 0.2) is 60.7 Å². The van der Waals surface area contributed by atoms with E-state index in [0.29, 0.717) is 22.9 Å². The van der Waals surface area contributed by atoms with Gasteiger partial charge in [0, 0.05) is 0 Å². The van der Waals surface area contributed by atoms with Crippen LogP contribution in [0.25, 0.3) is 0 Å². The molecule has 0 aliphatic heterocycles. The van der Waals surface area contributed by atoms with Crippen LogP contribution in [0.5, 0.6) is 11.5 Å². The van der Waals surface area contributed by atoms with Crippen LogP contribution in [-0.2, 0) is 0 Å². The maximum absolute atomic E-state index is 13.0. The molecule has 0 heterocycles. The smallest absolute Gasteiger partial charge is 0.256 e. The maximum atomic E-state index is 13.0. The Kier molecular flexibility index (Phi) is 6.37. The van der Waals surface area contributed by atoms with Gasteiger partial charge in [-0.3, -0.25) is 9.59 Å². The number of aryl methyl sites for hydroxylation is 2. The first-order valence-electron chi connectivity index (χ1n) is 9.44. The van der Waals surface area contributed by atoms with Crippen molar-refractivity contribution in [3.63, 3.8) is 0 Å². The van der Waals surface area contributed by atoms with E-state index in [2.05, 4.69) is 10.6 Å². The summed E-state index contributed by atoms with van der Waals surface area (Å²) in [7, 11) is 3.08. The van der Waals surface area contributed by atoms with Crippen molar-refractivity contribution in [1.29, 1.82) is 0 Å². The zero-order valence-electron chi connectivity index (χ0n) is 17.4. The minimum absolute atomic E-state index is 0.255. The molecule has 6 nitrogen and oxygen atoms in total. The Labute approximate surface area is 175 Å². The van der Waals surface area contributed by atoms with E-state index in [1.165, 1.54) is 14.2 Å². The van der Waals surface area contributed by atoms with Crippen molar-refractivity contribution in [3.8, 4) is 11.5 Å². The van der Waals surface area contributed by atoms with E-state index in [4.69, 9.17) is 9.47 Å². The Morgan fingerprint density at radius 3 is 1.43 bits per heavy atom. The standard InChI is InChI=1S/C24H24N2O4/c1-15-9-11-21(29-3)19(13-15)25-23(27)17-7-5-6-8-18(17)24(28)26-20-14-16(2)10-12-22(20)30-4/h5-14H,1-4H3,(H,25,27)(H,26,28). The molecule has 3 aromatic carbocycles. The topological polar surface area (TPSA) is 76.7 Å². The SMILES string of the molecule is COc1ccc(C)cc1NC(=O)c1ccccc1C(=O)Nc1cc(C)ccc1OC. The Hall–Kier alpha value is -3.80. The van der Waals surface area contributed by atoms with Crippen molar-refractivity contribution < 1.29 is 19.1 Å². The van der Waals surface area contributed by atoms with E-state index in [0.717, 1.165) is 11.1 Å². The van der Waals surface area contributed by atoms with Gasteiger partial charge < -0.3 is 20.1 Å². The molecule has 0 unspecified atom stereocenters. The van der Waals surface area contributed by atoms with Crippen molar-refractivity contribution in [2.24, 2.45) is 0 Å². The van der Waals surface area contributed by atoms with Gasteiger partial charge in [0.25, 0.3) is 11.8 Å². The minimum atomic E-state index is -0.402. The number of benzene rings is 3. The summed E-state index contributed by atoms with van der Waals surface area (Å²) < 4.78 is 10.6. The molecule has 0 bridgehead atoms. The van der Waals surface area contributed by atoms with Crippen LogP contribution in [0.1, 0.15) is 31.8 Å². The molecule has 0 fully saturated rings. The van der Waals surface area contributed by atoms with Crippen molar-refractivity contribution in [3.05, 3.63) is 82.9 Å². The number of carbonyl (C=O) groups excluding carboxylic acids is 2. The summed E-state index contributed by atoms with van der Waals surface area (Å²) in [5, 5.41) is 5.68. The Morgan fingerprint density at radius 2 is 1.07 bits per heavy atom. The molecule has 0 spiro atoms. The Morgan fingerprint density at radius 1 is 0.667 bits per heavy atom. The molecule has 3 rings (SSSR count). The van der Waals surface area contributed by atoms with Gasteiger partial charge in [-0.1, -0.05) is 24.3 Å². The van der Waals surface area contributed by atoms with E-state index in [1.54, 1.807) is 36.4 Å². The summed E-state index contributed by atoms with van der Waals surface area (Å²) >= 11 is 0. The molecule has 0 aromatic heterocycles. The third kappa shape index (κ3) is 4.60. The lowest BCUT2D eigenvalue weighted by Gasteiger charge is -2.14. The molecular formula is C24H24N2O4. The lowest BCUT2D eigenvalue weighted by molar-refractivity contribution is 0.0990. The summed E-state index contributed by atoms with van der Waals surface area (Å²) in [6.45, 7) is 3.84. The van der Waals surface area contributed by atoms with Crippen molar-refractivity contribution in [2.45, 2.75) is 13.8 Å². The van der Waals surface area contributed by atoms with Crippen molar-refractivity contribution >= 4 is 23.2 Å². The highest BCUT2D eigenvalue weighted by atomic mass is 16.5. The number of rotatable bonds is 6. The molecule has 0 aliphatic carbocycles. The number of hydrogen-bond donors (Lipinski definition) is 2. The summed E-state index contributed by atoms with van der Waals surface area (Å²) in [6, 6.07) is 17.6. The van der Waals surface area contributed by atoms with Crippen LogP contribution >= 0.6 is 0 Å². The zero-order chi connectivity index (χ0) is 21.7. The van der Waals surface area contributed by atoms with Gasteiger partial charge in [-0.15, -0.1) is 0 Å². The molecule has 30 heavy (non-hydrogen) atoms. The fourth-order valence-corrected chi connectivity index (χ4v) is 3.10. The highest BCUT2D eigenvalue weighted by molar-refractivity contribution is 6.15. The molecule has 0 saturated carbocycles. The van der Waals surface area contributed by atoms with Crippen molar-refractivity contribution in [1.82, 2.24) is 0 Å². The number of carbonyl (C=O) groups is 2. The van der Waals surface area contributed by atoms with E-state index in [-0.39, 0.29) is 11.1 Å². The summed E-state index contributed by atoms with van der Waals surface area (Å²) in [6.07, 6.45) is 0. The number of nitrogens with one attached hydrogen (secondary N) is 2. The van der Waals surface area contributed by atoms with Crippen LogP contribution in [0.3, 0.4) is 0 Å². The fraction of sp³-hybridized carbons (Fsp3) is 0.167. The van der Waals surface area contributed by atoms with Gasteiger partial charge in [-0.25, -0.2) is 0 Å². The quantitative estimate of drug-likeness (QED) is 0.617. The number of amides is 2. The van der Waals surface area contributed by atoms with Gasteiger partial charge in [0.15, 0.2) is 0 Å². The molecule has 0 radical (unpaired) electrons. The Balaban J connectivity index is 1.89. The average Bonchev–Trinajstić information content (AvgIpc) is 2.74. The fourth-order valence-electron chi connectivity index (χ4n) is 3.10. The lowest BCUT2D eigenvalue weighted by atomic mass is 10.1. The molecule has 2 N–H and O–H groups in total. The lowest BCUT2D eigenvalue weighted by Crippen LogP contribution is -2.20. The first-order chi connectivity index (χ1) is 14.4. The van der Waals surface area contributed by atoms with Gasteiger partial charge in [0.1, 0.15) is 11.5 Å². The summed E-state index contributed by atoms with van der Waals surface area (Å²) in [5.74, 6) is 0.280. The highest BCUT2D eigenvalue weighted by Gasteiger charge is 2.19. The maximum Gasteiger partial charge on any atom is 0.256 e. The van der Waals surface area contributed by atoms with Gasteiger partial charge in [0.05, 0.1) is 36.7 Å². The average molecular weight is 404 g/mol. The molecular weight excluding hydrogens is 380 g/mol. The van der Waals surface area contributed by atoms with Gasteiger partial charge in [-0.2, -0.15) is 0 Å². The molecule has 3 aromatic rings. The number of hydrogen-bond acceptors (Lipinski definition) is 4. The predicted octanol–water partition coefficient (Wildman–Crippen LogP) is 4.83. The van der Waals surface area contributed by atoms with Crippen LogP contribution in [0.2, 0.25) is 0 Å². The monoisotopic (exact) mass is 404 g/mol. The molecule has 0 aliphatic rings. The first-order valence-corrected chi connectivity index (χ1v) is 9.44. The largest absolute Gasteiger partial charge is 0.495 e. The number of ether oxygens (including phenoxy) is 2. The summed E-state index contributed by atoms with van der Waals surface area (Å²) in [4.78, 5) is 26.0. The zero-order valence-corrected chi connectivity index (χ0v) is 17.4. The molecule has 6 heteroatoms. The second-order valence-electron chi connectivity index (χ2n) is 6.86. The minimum Gasteiger partial charge on any atom is -0.495 e. The molecule has 0 atom stereocenters. The van der Waals surface area contributed by atoms with Crippen LogP contribution in [-0.4, -0.2) is 26.0 Å². The highest BCUT2D eigenvalue weighted by Crippen LogP contribution is 2.28. The van der Waals surface area contributed by atoms with E-state index >= 15 is 0 Å². The molecule has 0 saturated heterocycles. The van der Waals surface area contributed by atoms with Crippen LogP contribution < -0.4 is 20.1 Å². The van der Waals surface area contributed by atoms with Crippen LogP contribution in [0, 0.1) is 13.8 Å². The van der Waals surface area contributed by atoms with E-state index in [1.807, 2.05) is 38.1 Å². The van der Waals surface area contributed by atoms with Gasteiger partial charge in [-0.05, 0) is 61.4 Å². The van der Waals surface area contributed by atoms with Gasteiger partial charge >= 0.3 is 0 Å². The predicted molar refractivity (Wildman–Crippen MR) is 118 cm³/mol. The normalized spacial score (nSPS) is 10.3. The number of anilines is 2. The number of methoxy groups -OCH3 is 2. The molecule has 154 valence electrons. The van der Waals surface area contributed by atoms with E-state index in [9.17, 15) is 9.59 Å². The summed E-state index contributed by atoms with van der Waals surface area (Å²) in [5.41, 5.74) is 3.54. The molecule has 2 amide bonds. The van der Waals surface area contributed by atoms with E-state index < -0.39 is 11.8 Å².